The van der Waals surface area contributed by atoms with Gasteiger partial charge in [0.05, 0.1) is 6.42 Å². The average Bonchev–Trinajstić information content (AvgIpc) is 2.20. The van der Waals surface area contributed by atoms with E-state index >= 15 is 0 Å². The van der Waals surface area contributed by atoms with Crippen molar-refractivity contribution in [2.24, 2.45) is 5.92 Å². The van der Waals surface area contributed by atoms with E-state index in [1.165, 1.54) is 19.8 Å². The Kier molecular flexibility index (Phi) is 5.46. The summed E-state index contributed by atoms with van der Waals surface area (Å²) in [5.41, 5.74) is 0. The van der Waals surface area contributed by atoms with Crippen molar-refractivity contribution >= 4 is 11.7 Å². The van der Waals surface area contributed by atoms with Crippen molar-refractivity contribution in [3.8, 4) is 0 Å². The maximum absolute atomic E-state index is 11.2. The van der Waals surface area contributed by atoms with E-state index in [2.05, 4.69) is 17.1 Å². The van der Waals surface area contributed by atoms with Crippen LogP contribution >= 0.6 is 0 Å². The lowest BCUT2D eigenvalue weighted by Crippen LogP contribution is -2.39. The number of carbonyl (C=O) groups excluding carboxylic acids is 2. The van der Waals surface area contributed by atoms with Crippen LogP contribution in [0.4, 0.5) is 0 Å². The van der Waals surface area contributed by atoms with Gasteiger partial charge in [-0.25, -0.2) is 0 Å². The molecule has 1 saturated heterocycles. The average molecular weight is 226 g/mol. The highest BCUT2D eigenvalue weighted by Crippen LogP contribution is 2.14. The molecule has 0 bridgehead atoms. The minimum atomic E-state index is -0.155. The predicted molar refractivity (Wildman–Crippen MR) is 63.1 cm³/mol. The van der Waals surface area contributed by atoms with Crippen LogP contribution in [0.5, 0.6) is 0 Å². The van der Waals surface area contributed by atoms with Gasteiger partial charge in [0.2, 0.25) is 5.91 Å². The maximum atomic E-state index is 11.2. The molecule has 0 aromatic carbocycles. The molecule has 0 aromatic heterocycles. The van der Waals surface area contributed by atoms with Crippen LogP contribution in [0.15, 0.2) is 0 Å². The molecular weight excluding hydrogens is 204 g/mol. The number of amides is 1. The second-order valence-electron chi connectivity index (χ2n) is 4.75. The first kappa shape index (κ1) is 13.2. The Balaban J connectivity index is 2.07. The fourth-order valence-electron chi connectivity index (χ4n) is 1.93. The minimum Gasteiger partial charge on any atom is -0.354 e. The molecule has 16 heavy (non-hydrogen) atoms. The zero-order chi connectivity index (χ0) is 12.0. The van der Waals surface area contributed by atoms with Crippen LogP contribution < -0.4 is 5.32 Å². The van der Waals surface area contributed by atoms with Crippen molar-refractivity contribution in [2.45, 2.75) is 33.1 Å². The molecule has 1 heterocycles. The van der Waals surface area contributed by atoms with Crippen LogP contribution in [0.3, 0.4) is 0 Å². The molecule has 1 aliphatic heterocycles. The number of nitrogens with one attached hydrogen (secondary N) is 1. The second kappa shape index (κ2) is 6.63. The Hall–Kier alpha value is -0.900. The van der Waals surface area contributed by atoms with Gasteiger partial charge in [-0.2, -0.15) is 0 Å². The molecule has 4 nitrogen and oxygen atoms in total. The molecule has 0 atom stereocenters. The molecular formula is C12H22N2O2. The third-order valence-electron chi connectivity index (χ3n) is 3.04. The molecule has 1 fully saturated rings. The number of piperidine rings is 1. The fraction of sp³-hybridized carbons (Fsp3) is 0.833. The molecule has 1 rings (SSSR count). The zero-order valence-corrected chi connectivity index (χ0v) is 10.3. The van der Waals surface area contributed by atoms with Gasteiger partial charge in [0, 0.05) is 13.1 Å². The third-order valence-corrected chi connectivity index (χ3v) is 3.04. The topological polar surface area (TPSA) is 49.4 Å². The largest absolute Gasteiger partial charge is 0.354 e. The lowest BCUT2D eigenvalue weighted by Gasteiger charge is -2.30. The first-order valence-corrected chi connectivity index (χ1v) is 6.06. The van der Waals surface area contributed by atoms with E-state index in [-0.39, 0.29) is 18.1 Å². The molecule has 0 aliphatic carbocycles. The highest BCUT2D eigenvalue weighted by atomic mass is 16.2. The van der Waals surface area contributed by atoms with E-state index in [0.29, 0.717) is 6.54 Å². The number of rotatable bonds is 5. The van der Waals surface area contributed by atoms with Gasteiger partial charge in [-0.15, -0.1) is 0 Å². The fourth-order valence-corrected chi connectivity index (χ4v) is 1.93. The van der Waals surface area contributed by atoms with Gasteiger partial charge in [0.25, 0.3) is 0 Å². The Morgan fingerprint density at radius 1 is 1.31 bits per heavy atom. The molecule has 1 amide bonds. The van der Waals surface area contributed by atoms with Crippen molar-refractivity contribution < 1.29 is 9.59 Å². The molecule has 0 saturated carbocycles. The molecule has 92 valence electrons. The van der Waals surface area contributed by atoms with E-state index in [1.807, 2.05) is 0 Å². The summed E-state index contributed by atoms with van der Waals surface area (Å²) in [6, 6.07) is 0. The van der Waals surface area contributed by atoms with Gasteiger partial charge in [0.15, 0.2) is 0 Å². The summed E-state index contributed by atoms with van der Waals surface area (Å²) in [4.78, 5) is 24.2. The van der Waals surface area contributed by atoms with Crippen LogP contribution in [-0.2, 0) is 9.59 Å². The van der Waals surface area contributed by atoms with Crippen LogP contribution in [0.1, 0.15) is 33.1 Å². The number of carbonyl (C=O) groups is 2. The molecule has 0 unspecified atom stereocenters. The normalized spacial score (nSPS) is 18.4. The van der Waals surface area contributed by atoms with Crippen LogP contribution in [0, 0.1) is 5.92 Å². The highest BCUT2D eigenvalue weighted by Gasteiger charge is 2.15. The van der Waals surface area contributed by atoms with E-state index in [0.717, 1.165) is 25.6 Å². The standard InChI is InChI=1S/C12H22N2O2/c1-10-3-6-14(7-4-10)8-5-13-12(16)9-11(2)15/h10H,3-9H2,1-2H3,(H,13,16). The molecule has 0 aromatic rings. The summed E-state index contributed by atoms with van der Waals surface area (Å²) < 4.78 is 0. The Labute approximate surface area is 97.4 Å². The smallest absolute Gasteiger partial charge is 0.227 e. The molecule has 1 aliphatic rings. The van der Waals surface area contributed by atoms with E-state index in [1.54, 1.807) is 0 Å². The number of nitrogens with zero attached hydrogens (tertiary/aromatic N) is 1. The van der Waals surface area contributed by atoms with Crippen molar-refractivity contribution in [2.75, 3.05) is 26.2 Å². The van der Waals surface area contributed by atoms with E-state index in [4.69, 9.17) is 0 Å². The molecule has 1 N–H and O–H groups in total. The lowest BCUT2D eigenvalue weighted by molar-refractivity contribution is -0.127. The van der Waals surface area contributed by atoms with E-state index < -0.39 is 0 Å². The van der Waals surface area contributed by atoms with Gasteiger partial charge in [-0.3, -0.25) is 9.59 Å². The number of ketones is 1. The predicted octanol–water partition coefficient (Wildman–Crippen LogP) is 0.814. The van der Waals surface area contributed by atoms with Gasteiger partial charge in [-0.1, -0.05) is 6.92 Å². The SMILES string of the molecule is CC(=O)CC(=O)NCCN1CCC(C)CC1. The molecule has 4 heteroatoms. The number of hydrogen-bond donors (Lipinski definition) is 1. The highest BCUT2D eigenvalue weighted by molar-refractivity contribution is 5.96. The Morgan fingerprint density at radius 3 is 2.50 bits per heavy atom. The monoisotopic (exact) mass is 226 g/mol. The summed E-state index contributed by atoms with van der Waals surface area (Å²) >= 11 is 0. The van der Waals surface area contributed by atoms with Gasteiger partial charge in [-0.05, 0) is 38.8 Å². The summed E-state index contributed by atoms with van der Waals surface area (Å²) in [6.07, 6.45) is 2.51. The van der Waals surface area contributed by atoms with Crippen LogP contribution in [0.2, 0.25) is 0 Å². The first-order valence-electron chi connectivity index (χ1n) is 6.06. The zero-order valence-electron chi connectivity index (χ0n) is 10.3. The summed E-state index contributed by atoms with van der Waals surface area (Å²) in [6.45, 7) is 7.53. The van der Waals surface area contributed by atoms with Crippen molar-refractivity contribution in [3.05, 3.63) is 0 Å². The second-order valence-corrected chi connectivity index (χ2v) is 4.75. The van der Waals surface area contributed by atoms with Crippen LogP contribution in [0.25, 0.3) is 0 Å². The summed E-state index contributed by atoms with van der Waals surface area (Å²) in [5, 5.41) is 2.77. The first-order chi connectivity index (χ1) is 7.58. The van der Waals surface area contributed by atoms with E-state index in [9.17, 15) is 9.59 Å². The van der Waals surface area contributed by atoms with Gasteiger partial charge < -0.3 is 10.2 Å². The number of hydrogen-bond acceptors (Lipinski definition) is 3. The quantitative estimate of drug-likeness (QED) is 0.706. The minimum absolute atomic E-state index is 0.0109. The van der Waals surface area contributed by atoms with Crippen LogP contribution in [-0.4, -0.2) is 42.8 Å². The van der Waals surface area contributed by atoms with Gasteiger partial charge >= 0.3 is 0 Å². The Bertz CT molecular complexity index is 245. The lowest BCUT2D eigenvalue weighted by atomic mass is 9.99. The maximum Gasteiger partial charge on any atom is 0.227 e. The summed E-state index contributed by atoms with van der Waals surface area (Å²) in [5.74, 6) is 0.603. The molecule has 0 radical (unpaired) electrons. The van der Waals surface area contributed by atoms with Gasteiger partial charge in [0.1, 0.15) is 5.78 Å². The number of Topliss-reactive ketones (excluding diaryl/α,β-unsaturated/α-hetero) is 1. The van der Waals surface area contributed by atoms with Crippen molar-refractivity contribution in [3.63, 3.8) is 0 Å². The molecule has 0 spiro atoms. The Morgan fingerprint density at radius 2 is 1.94 bits per heavy atom. The summed E-state index contributed by atoms with van der Waals surface area (Å²) in [7, 11) is 0. The van der Waals surface area contributed by atoms with Crippen molar-refractivity contribution in [1.82, 2.24) is 10.2 Å². The number of likely N-dealkylation sites (tertiary alicyclic amines) is 1. The van der Waals surface area contributed by atoms with Crippen molar-refractivity contribution in [1.29, 1.82) is 0 Å². The third kappa shape index (κ3) is 5.26.